The Bertz CT molecular complexity index is 1080. The molecule has 2 aromatic carbocycles. The van der Waals surface area contributed by atoms with Crippen LogP contribution in [0.5, 0.6) is 0 Å². The van der Waals surface area contributed by atoms with Crippen LogP contribution in [0.1, 0.15) is 11.1 Å². The topological polar surface area (TPSA) is 50.5 Å². The molecular formula is C20H12Cl2N4. The van der Waals surface area contributed by atoms with Crippen LogP contribution in [-0.4, -0.2) is 22.4 Å². The van der Waals surface area contributed by atoms with Crippen LogP contribution in [0.4, 0.5) is 0 Å². The van der Waals surface area contributed by atoms with Crippen molar-refractivity contribution in [1.29, 1.82) is 0 Å². The summed E-state index contributed by atoms with van der Waals surface area (Å²) in [5.41, 5.74) is 3.08. The van der Waals surface area contributed by atoms with Gasteiger partial charge in [-0.05, 0) is 24.3 Å². The first-order chi connectivity index (χ1) is 12.7. The second-order valence-corrected chi connectivity index (χ2v) is 6.33. The van der Waals surface area contributed by atoms with Crippen LogP contribution in [0.2, 0.25) is 10.3 Å². The number of rotatable bonds is 3. The average molecular weight is 379 g/mol. The van der Waals surface area contributed by atoms with Crippen molar-refractivity contribution in [1.82, 2.24) is 9.97 Å². The first-order valence-corrected chi connectivity index (χ1v) is 8.63. The van der Waals surface area contributed by atoms with Crippen LogP contribution in [0, 0.1) is 0 Å². The highest BCUT2D eigenvalue weighted by atomic mass is 35.5. The number of nitrogens with zero attached hydrogens (tertiary/aromatic N) is 4. The minimum Gasteiger partial charge on any atom is -0.235 e. The normalized spacial score (nSPS) is 11.9. The molecule has 26 heavy (non-hydrogen) atoms. The molecule has 0 fully saturated rings. The molecule has 0 bridgehead atoms. The fourth-order valence-electron chi connectivity index (χ4n) is 2.59. The second kappa shape index (κ2) is 7.20. The quantitative estimate of drug-likeness (QED) is 0.267. The molecular weight excluding hydrogens is 367 g/mol. The molecule has 0 atom stereocenters. The SMILES string of the molecule is Clc1nc2ccccc2cc1/C=N/N=C/c1cc2ccccc2nc1Cl. The lowest BCUT2D eigenvalue weighted by molar-refractivity contribution is 1.26. The van der Waals surface area contributed by atoms with Gasteiger partial charge < -0.3 is 0 Å². The standard InChI is InChI=1S/C20H12Cl2N4/c21-19-15(9-13-5-1-3-7-17(13)25-19)11-23-24-12-16-10-14-6-2-4-8-18(14)26-20(16)22/h1-12H/b23-11+,24-12+. The van der Waals surface area contributed by atoms with Gasteiger partial charge in [-0.2, -0.15) is 10.2 Å². The van der Waals surface area contributed by atoms with Crippen LogP contribution in [0.3, 0.4) is 0 Å². The number of fused-ring (bicyclic) bond motifs is 2. The summed E-state index contributed by atoms with van der Waals surface area (Å²) in [6.45, 7) is 0. The van der Waals surface area contributed by atoms with Crippen molar-refractivity contribution >= 4 is 57.4 Å². The number of pyridine rings is 2. The maximum absolute atomic E-state index is 6.20. The Balaban J connectivity index is 1.60. The molecule has 0 aliphatic heterocycles. The second-order valence-electron chi connectivity index (χ2n) is 5.61. The van der Waals surface area contributed by atoms with E-state index in [0.29, 0.717) is 21.4 Å². The molecule has 0 spiro atoms. The first kappa shape index (κ1) is 16.6. The lowest BCUT2D eigenvalue weighted by atomic mass is 10.2. The molecule has 4 rings (SSSR count). The zero-order valence-electron chi connectivity index (χ0n) is 13.5. The maximum Gasteiger partial charge on any atom is 0.138 e. The highest BCUT2D eigenvalue weighted by Crippen LogP contribution is 2.20. The Hall–Kier alpha value is -2.82. The van der Waals surface area contributed by atoms with E-state index in [1.54, 1.807) is 12.4 Å². The molecule has 0 saturated heterocycles. The third-order valence-corrected chi connectivity index (χ3v) is 4.47. The third kappa shape index (κ3) is 3.43. The summed E-state index contributed by atoms with van der Waals surface area (Å²) >= 11 is 12.4. The molecule has 0 aliphatic rings. The number of benzene rings is 2. The first-order valence-electron chi connectivity index (χ1n) is 7.88. The number of aromatic nitrogens is 2. The van der Waals surface area contributed by atoms with E-state index >= 15 is 0 Å². The van der Waals surface area contributed by atoms with E-state index in [4.69, 9.17) is 23.2 Å². The fraction of sp³-hybridized carbons (Fsp3) is 0. The van der Waals surface area contributed by atoms with Gasteiger partial charge in [0.15, 0.2) is 0 Å². The minimum atomic E-state index is 0.382. The molecule has 0 N–H and O–H groups in total. The van der Waals surface area contributed by atoms with Crippen LogP contribution in [-0.2, 0) is 0 Å². The highest BCUT2D eigenvalue weighted by molar-refractivity contribution is 6.32. The Kier molecular flexibility index (Phi) is 4.61. The molecule has 0 amide bonds. The summed E-state index contributed by atoms with van der Waals surface area (Å²) in [7, 11) is 0. The molecule has 0 aliphatic carbocycles. The lowest BCUT2D eigenvalue weighted by Gasteiger charge is -2.01. The van der Waals surface area contributed by atoms with E-state index in [1.807, 2.05) is 60.7 Å². The van der Waals surface area contributed by atoms with Gasteiger partial charge in [-0.15, -0.1) is 0 Å². The number of para-hydroxylation sites is 2. The summed E-state index contributed by atoms with van der Waals surface area (Å²) in [6.07, 6.45) is 3.14. The van der Waals surface area contributed by atoms with E-state index in [0.717, 1.165) is 21.8 Å². The molecule has 2 heterocycles. The molecule has 0 unspecified atom stereocenters. The van der Waals surface area contributed by atoms with Crippen molar-refractivity contribution in [2.45, 2.75) is 0 Å². The van der Waals surface area contributed by atoms with Crippen LogP contribution < -0.4 is 0 Å². The van der Waals surface area contributed by atoms with Crippen LogP contribution in [0.15, 0.2) is 70.9 Å². The van der Waals surface area contributed by atoms with Crippen LogP contribution >= 0.6 is 23.2 Å². The van der Waals surface area contributed by atoms with Gasteiger partial charge in [-0.1, -0.05) is 59.6 Å². The molecule has 2 aromatic heterocycles. The van der Waals surface area contributed by atoms with Crippen molar-refractivity contribution in [3.05, 3.63) is 82.1 Å². The van der Waals surface area contributed by atoms with Gasteiger partial charge in [0.1, 0.15) is 10.3 Å². The zero-order chi connectivity index (χ0) is 17.9. The number of hydrogen-bond donors (Lipinski definition) is 0. The maximum atomic E-state index is 6.20. The lowest BCUT2D eigenvalue weighted by Crippen LogP contribution is -1.90. The Morgan fingerprint density at radius 3 is 1.54 bits per heavy atom. The van der Waals surface area contributed by atoms with Gasteiger partial charge in [0.25, 0.3) is 0 Å². The Morgan fingerprint density at radius 1 is 0.654 bits per heavy atom. The van der Waals surface area contributed by atoms with Gasteiger partial charge in [0, 0.05) is 21.9 Å². The highest BCUT2D eigenvalue weighted by Gasteiger charge is 2.03. The monoisotopic (exact) mass is 378 g/mol. The van der Waals surface area contributed by atoms with Crippen molar-refractivity contribution in [2.24, 2.45) is 10.2 Å². The van der Waals surface area contributed by atoms with E-state index in [2.05, 4.69) is 20.2 Å². The van der Waals surface area contributed by atoms with Crippen molar-refractivity contribution in [2.75, 3.05) is 0 Å². The van der Waals surface area contributed by atoms with Crippen molar-refractivity contribution < 1.29 is 0 Å². The Morgan fingerprint density at radius 2 is 1.08 bits per heavy atom. The smallest absolute Gasteiger partial charge is 0.138 e. The average Bonchev–Trinajstić information content (AvgIpc) is 2.65. The number of hydrogen-bond acceptors (Lipinski definition) is 4. The molecule has 4 aromatic rings. The molecule has 0 radical (unpaired) electrons. The fourth-order valence-corrected chi connectivity index (χ4v) is 2.98. The minimum absolute atomic E-state index is 0.382. The van der Waals surface area contributed by atoms with E-state index in [-0.39, 0.29) is 0 Å². The molecule has 6 heteroatoms. The van der Waals surface area contributed by atoms with Gasteiger partial charge in [-0.3, -0.25) is 0 Å². The summed E-state index contributed by atoms with van der Waals surface area (Å²) in [6, 6.07) is 19.4. The van der Waals surface area contributed by atoms with Gasteiger partial charge >= 0.3 is 0 Å². The predicted molar refractivity (Wildman–Crippen MR) is 109 cm³/mol. The Labute approximate surface area is 159 Å². The predicted octanol–water partition coefficient (Wildman–Crippen LogP) is 5.54. The zero-order valence-corrected chi connectivity index (χ0v) is 15.0. The summed E-state index contributed by atoms with van der Waals surface area (Å²) in [4.78, 5) is 8.70. The molecule has 4 nitrogen and oxygen atoms in total. The molecule has 0 saturated carbocycles. The summed E-state index contributed by atoms with van der Waals surface area (Å²) in [5.74, 6) is 0. The van der Waals surface area contributed by atoms with Crippen molar-refractivity contribution in [3.8, 4) is 0 Å². The van der Waals surface area contributed by atoms with Gasteiger partial charge in [-0.25, -0.2) is 9.97 Å². The van der Waals surface area contributed by atoms with Gasteiger partial charge in [0.05, 0.1) is 23.5 Å². The molecule has 126 valence electrons. The van der Waals surface area contributed by atoms with Crippen LogP contribution in [0.25, 0.3) is 21.8 Å². The van der Waals surface area contributed by atoms with E-state index in [9.17, 15) is 0 Å². The van der Waals surface area contributed by atoms with Gasteiger partial charge in [0.2, 0.25) is 0 Å². The summed E-state index contributed by atoms with van der Waals surface area (Å²) < 4.78 is 0. The van der Waals surface area contributed by atoms with E-state index in [1.165, 1.54) is 0 Å². The van der Waals surface area contributed by atoms with Crippen molar-refractivity contribution in [3.63, 3.8) is 0 Å². The summed E-state index contributed by atoms with van der Waals surface area (Å²) in [5, 5.41) is 10.9. The number of halogens is 2. The third-order valence-electron chi connectivity index (χ3n) is 3.87. The van der Waals surface area contributed by atoms with E-state index < -0.39 is 0 Å². The largest absolute Gasteiger partial charge is 0.235 e.